The van der Waals surface area contributed by atoms with Crippen LogP contribution in [-0.4, -0.2) is 41.3 Å². The summed E-state index contributed by atoms with van der Waals surface area (Å²) in [6.45, 7) is 7.83. The lowest BCUT2D eigenvalue weighted by Crippen LogP contribution is -2.41. The molecular weight excluding hydrogens is 980 g/mol. The molecule has 68 heavy (non-hydrogen) atoms. The highest BCUT2D eigenvalue weighted by molar-refractivity contribution is 9.11. The Morgan fingerprint density at radius 2 is 0.926 bits per heavy atom. The molecule has 0 spiro atoms. The molecule has 1 fully saturated rings. The Balaban J connectivity index is 0.000000143. The number of rotatable bonds is 8. The maximum Gasteiger partial charge on any atom is 0.495 e. The molecule has 12 nitrogen and oxygen atoms in total. The summed E-state index contributed by atoms with van der Waals surface area (Å²) in [5, 5.41) is 22.9. The van der Waals surface area contributed by atoms with Crippen molar-refractivity contribution in [3.05, 3.63) is 206 Å². The Hall–Kier alpha value is -6.73. The van der Waals surface area contributed by atoms with Gasteiger partial charge in [-0.15, -0.1) is 0 Å². The predicted octanol–water partition coefficient (Wildman–Crippen LogP) is 13.9. The number of nitro benzene ring substituents is 2. The monoisotopic (exact) mass is 1020 g/mol. The van der Waals surface area contributed by atoms with Crippen molar-refractivity contribution >= 4 is 80.2 Å². The van der Waals surface area contributed by atoms with Crippen LogP contribution in [0.15, 0.2) is 186 Å². The van der Waals surface area contributed by atoms with Crippen LogP contribution in [0.5, 0.6) is 0 Å². The molecule has 17 heteroatoms. The molecule has 1 aliphatic rings. The molecule has 0 atom stereocenters. The number of hydrogen-bond donors (Lipinski definition) is 1. The summed E-state index contributed by atoms with van der Waals surface area (Å²) >= 11 is 7.49. The first-order valence-electron chi connectivity index (χ1n) is 21.1. The molecule has 2 N–H and O–H groups in total. The van der Waals surface area contributed by atoms with E-state index in [1.54, 1.807) is 42.9 Å². The Bertz CT molecular complexity index is 3040. The molecule has 9 aromatic rings. The van der Waals surface area contributed by atoms with E-state index in [0.29, 0.717) is 16.6 Å². The van der Waals surface area contributed by atoms with Crippen LogP contribution in [0.2, 0.25) is 0 Å². The smallest absolute Gasteiger partial charge is 0.399 e. The normalized spacial score (nSPS) is 13.2. The van der Waals surface area contributed by atoms with Gasteiger partial charge in [-0.2, -0.15) is 0 Å². The largest absolute Gasteiger partial charge is 0.495 e. The molecule has 0 saturated carbocycles. The molecule has 0 aliphatic carbocycles. The van der Waals surface area contributed by atoms with Gasteiger partial charge in [-0.1, -0.05) is 115 Å². The zero-order chi connectivity index (χ0) is 48.3. The zero-order valence-electron chi connectivity index (χ0n) is 37.3. The van der Waals surface area contributed by atoms with Crippen LogP contribution in [0.3, 0.4) is 0 Å². The minimum absolute atomic E-state index is 0.0495. The van der Waals surface area contributed by atoms with Crippen LogP contribution in [0, 0.1) is 20.2 Å². The highest BCUT2D eigenvalue weighted by Crippen LogP contribution is 2.38. The lowest BCUT2D eigenvalue weighted by atomic mass is 9.78. The third kappa shape index (κ3) is 12.2. The minimum Gasteiger partial charge on any atom is -0.399 e. The third-order valence-corrected chi connectivity index (χ3v) is 13.9. The number of nitrogens with two attached hydrogens (primary N) is 1. The van der Waals surface area contributed by atoms with Crippen molar-refractivity contribution in [2.45, 2.75) is 38.9 Å². The van der Waals surface area contributed by atoms with Crippen LogP contribution in [-0.2, 0) is 9.31 Å². The van der Waals surface area contributed by atoms with Crippen LogP contribution in [0.4, 0.5) is 17.1 Å². The van der Waals surface area contributed by atoms with Crippen molar-refractivity contribution < 1.29 is 19.2 Å². The van der Waals surface area contributed by atoms with Crippen molar-refractivity contribution in [2.24, 2.45) is 0 Å². The van der Waals surface area contributed by atoms with Gasteiger partial charge in [0.25, 0.3) is 11.4 Å². The molecule has 0 unspecified atom stereocenters. The topological polar surface area (TPSA) is 169 Å². The lowest BCUT2D eigenvalue weighted by Gasteiger charge is -2.32. The predicted molar refractivity (Wildman–Crippen MR) is 281 cm³/mol. The van der Waals surface area contributed by atoms with Crippen molar-refractivity contribution in [1.29, 1.82) is 0 Å². The molecule has 4 heterocycles. The third-order valence-electron chi connectivity index (χ3n) is 11.1. The second kappa shape index (κ2) is 22.4. The molecule has 1 aliphatic heterocycles. The van der Waals surface area contributed by atoms with Crippen LogP contribution in [0.1, 0.15) is 27.7 Å². The first-order chi connectivity index (χ1) is 32.7. The van der Waals surface area contributed by atoms with Gasteiger partial charge in [0.05, 0.1) is 45.7 Å². The Morgan fingerprint density at radius 1 is 0.515 bits per heavy atom. The van der Waals surface area contributed by atoms with E-state index in [1.165, 1.54) is 34.6 Å². The molecular formula is C51H44BBrN6O6S3. The van der Waals surface area contributed by atoms with E-state index in [0.717, 1.165) is 52.6 Å². The maximum absolute atomic E-state index is 11.5. The summed E-state index contributed by atoms with van der Waals surface area (Å²) in [6, 6.07) is 51.2. The van der Waals surface area contributed by atoms with Gasteiger partial charge in [0, 0.05) is 47.5 Å². The summed E-state index contributed by atoms with van der Waals surface area (Å²) in [7, 11) is -0.612. The van der Waals surface area contributed by atoms with Gasteiger partial charge in [0.15, 0.2) is 0 Å². The van der Waals surface area contributed by atoms with Gasteiger partial charge < -0.3 is 15.0 Å². The minimum atomic E-state index is -0.612. The van der Waals surface area contributed by atoms with Crippen molar-refractivity contribution in [2.75, 3.05) is 5.73 Å². The van der Waals surface area contributed by atoms with Crippen LogP contribution >= 0.6 is 50.5 Å². The number of nitrogens with zero attached hydrogens (tertiary/aromatic N) is 5. The van der Waals surface area contributed by atoms with Gasteiger partial charge in [0.1, 0.15) is 0 Å². The number of anilines is 1. The van der Waals surface area contributed by atoms with E-state index >= 15 is 0 Å². The van der Waals surface area contributed by atoms with Crippen molar-refractivity contribution in [3.63, 3.8) is 0 Å². The lowest BCUT2D eigenvalue weighted by molar-refractivity contribution is -0.384. The van der Waals surface area contributed by atoms with E-state index in [4.69, 9.17) is 15.0 Å². The maximum atomic E-state index is 11.5. The summed E-state index contributed by atoms with van der Waals surface area (Å²) in [6.07, 6.45) is 5.26. The van der Waals surface area contributed by atoms with E-state index in [9.17, 15) is 20.2 Å². The molecule has 0 radical (unpaired) electrons. The van der Waals surface area contributed by atoms with Gasteiger partial charge in [-0.05, 0) is 142 Å². The van der Waals surface area contributed by atoms with Gasteiger partial charge in [0.2, 0.25) is 0 Å². The fourth-order valence-corrected chi connectivity index (χ4v) is 8.80. The van der Waals surface area contributed by atoms with Crippen molar-refractivity contribution in [1.82, 2.24) is 13.1 Å². The molecule has 3 aromatic heterocycles. The molecule has 0 bridgehead atoms. The summed E-state index contributed by atoms with van der Waals surface area (Å²) in [4.78, 5) is 24.2. The molecule has 10 rings (SSSR count). The SMILES string of the molecule is Brc1ccns1.CC1(C)OB(c2ccc(-c3ccccc3)c([N+](=O)[O-])c2)OC1(C)C.Nc1cc(-c2ccns2)ccc1-c1ccccc1.O=[N+]([O-])c1cc(-c2ccns2)ccc1-c1ccccc1. The summed E-state index contributed by atoms with van der Waals surface area (Å²) in [5.41, 5.74) is 13.8. The van der Waals surface area contributed by atoms with Crippen LogP contribution in [0.25, 0.3) is 54.3 Å². The van der Waals surface area contributed by atoms with Gasteiger partial charge in [-0.3, -0.25) is 20.2 Å². The molecule has 0 amide bonds. The quantitative estimate of drug-likeness (QED) is 0.0669. The average Bonchev–Trinajstić information content (AvgIpc) is 4.20. The number of hydrogen-bond acceptors (Lipinski definition) is 13. The molecule has 6 aromatic carbocycles. The number of halogens is 1. The molecule has 342 valence electrons. The number of nitro groups is 2. The van der Waals surface area contributed by atoms with Crippen molar-refractivity contribution in [3.8, 4) is 54.3 Å². The molecule has 1 saturated heterocycles. The number of aromatic nitrogens is 3. The van der Waals surface area contributed by atoms with Gasteiger partial charge in [-0.25, -0.2) is 13.1 Å². The highest BCUT2D eigenvalue weighted by Gasteiger charge is 2.52. The Kier molecular flexibility index (Phi) is 16.2. The Labute approximate surface area is 415 Å². The van der Waals surface area contributed by atoms with E-state index in [-0.39, 0.29) is 21.2 Å². The first kappa shape index (κ1) is 49.2. The van der Waals surface area contributed by atoms with E-state index in [1.807, 2.05) is 143 Å². The zero-order valence-corrected chi connectivity index (χ0v) is 41.3. The van der Waals surface area contributed by atoms with Gasteiger partial charge >= 0.3 is 7.12 Å². The van der Waals surface area contributed by atoms with Crippen LogP contribution < -0.4 is 11.2 Å². The summed E-state index contributed by atoms with van der Waals surface area (Å²) < 4.78 is 25.0. The summed E-state index contributed by atoms with van der Waals surface area (Å²) in [5.74, 6) is 0. The fourth-order valence-electron chi connectivity index (χ4n) is 6.91. The number of nitrogen functional groups attached to an aromatic ring is 1. The second-order valence-corrected chi connectivity index (χ2v) is 20.0. The van der Waals surface area contributed by atoms with E-state index in [2.05, 4.69) is 53.3 Å². The average molecular weight is 1020 g/mol. The first-order valence-corrected chi connectivity index (χ1v) is 24.2. The van der Waals surface area contributed by atoms with E-state index < -0.39 is 18.3 Å². The standard InChI is InChI=1S/C18H20BNO4.C15H10N2O2S.C15H12N2S.C3H2BrNS/c1-17(2)18(3,4)24-19(23-17)14-10-11-15(16(12-14)20(21)22)13-8-6-5-7-9-13;18-17(19)14-10-12(15-8-9-16-20-15)6-7-13(14)11-4-2-1-3-5-11;16-14-10-12(15-8-9-17-18-15)6-7-13(14)11-4-2-1-3-5-11;4-3-1-2-5-6-3/h5-12H,1-4H3;1-10H;1-10H,16H2;1-2H. The number of benzene rings is 6. The highest BCUT2D eigenvalue weighted by atomic mass is 79.9. The fraction of sp³-hybridized carbons (Fsp3) is 0.118. The Morgan fingerprint density at radius 3 is 1.32 bits per heavy atom. The second-order valence-electron chi connectivity index (χ2n) is 16.1.